The summed E-state index contributed by atoms with van der Waals surface area (Å²) in [5, 5.41) is 3.11. The lowest BCUT2D eigenvalue weighted by Gasteiger charge is -2.15. The molecule has 1 atom stereocenters. The van der Waals surface area contributed by atoms with Crippen molar-refractivity contribution in [2.75, 3.05) is 18.2 Å². The van der Waals surface area contributed by atoms with Crippen LogP contribution < -0.4 is 10.1 Å². The van der Waals surface area contributed by atoms with Gasteiger partial charge in [0, 0.05) is 4.88 Å². The topological polar surface area (TPSA) is 85.4 Å². The number of methoxy groups -OCH3 is 1. The van der Waals surface area contributed by atoms with Crippen molar-refractivity contribution in [2.24, 2.45) is 5.92 Å². The number of hydrogen-bond acceptors (Lipinski definition) is 6. The van der Waals surface area contributed by atoms with Crippen molar-refractivity contribution in [2.45, 2.75) is 31.1 Å². The summed E-state index contributed by atoms with van der Waals surface area (Å²) in [7, 11) is -2.20. The Bertz CT molecular complexity index is 873. The van der Waals surface area contributed by atoms with Crippen molar-refractivity contribution >= 4 is 32.2 Å². The minimum absolute atomic E-state index is 0.0932. The molecule has 0 saturated heterocycles. The van der Waals surface area contributed by atoms with Crippen LogP contribution in [0.25, 0.3) is 0 Å². The highest BCUT2D eigenvalue weighted by atomic mass is 32.2. The first-order valence-corrected chi connectivity index (χ1v) is 10.5. The van der Waals surface area contributed by atoms with Gasteiger partial charge in [0.05, 0.1) is 17.7 Å². The number of anilines is 1. The lowest BCUT2D eigenvalue weighted by atomic mass is 9.93. The summed E-state index contributed by atoms with van der Waals surface area (Å²) in [6.07, 6.45) is 2.97. The third-order valence-electron chi connectivity index (χ3n) is 4.17. The summed E-state index contributed by atoms with van der Waals surface area (Å²) >= 11 is 1.44. The second-order valence-electron chi connectivity index (χ2n) is 6.22. The lowest BCUT2D eigenvalue weighted by Crippen LogP contribution is -2.23. The Balaban J connectivity index is 1.67. The summed E-state index contributed by atoms with van der Waals surface area (Å²) < 4.78 is 29.7. The first-order chi connectivity index (χ1) is 11.9. The predicted octanol–water partition coefficient (Wildman–Crippen LogP) is 2.69. The highest BCUT2D eigenvalue weighted by Crippen LogP contribution is 2.32. The molecule has 1 aliphatic rings. The van der Waals surface area contributed by atoms with Crippen LogP contribution >= 0.6 is 11.3 Å². The number of hydrogen-bond donors (Lipinski definition) is 1. The molecule has 1 aromatic heterocycles. The zero-order chi connectivity index (χ0) is 18.0. The standard InChI is InChI=1S/C17H20N2O4S2/c1-11-3-8-14-15(9-11)24-17(18-14)19-16(20)10-25(21,22)13-6-4-12(23-2)5-7-13/h4-7,11H,3,8-10H2,1-2H3,(H,18,19,20). The molecule has 1 heterocycles. The fourth-order valence-corrected chi connectivity index (χ4v) is 5.11. The van der Waals surface area contributed by atoms with Gasteiger partial charge in [0.2, 0.25) is 5.91 Å². The molecule has 0 radical (unpaired) electrons. The van der Waals surface area contributed by atoms with E-state index in [4.69, 9.17) is 4.74 Å². The number of fused-ring (bicyclic) bond motifs is 1. The van der Waals surface area contributed by atoms with Gasteiger partial charge in [0.1, 0.15) is 11.5 Å². The van der Waals surface area contributed by atoms with Crippen LogP contribution in [-0.4, -0.2) is 32.2 Å². The third-order valence-corrected chi connectivity index (χ3v) is 6.84. The average molecular weight is 380 g/mol. The molecule has 25 heavy (non-hydrogen) atoms. The van der Waals surface area contributed by atoms with Crippen LogP contribution in [0.5, 0.6) is 5.75 Å². The Labute approximate surface area is 151 Å². The molecule has 1 aromatic carbocycles. The quantitative estimate of drug-likeness (QED) is 0.862. The van der Waals surface area contributed by atoms with Crippen LogP contribution in [0.15, 0.2) is 29.2 Å². The van der Waals surface area contributed by atoms with Crippen LogP contribution in [0.3, 0.4) is 0 Å². The Morgan fingerprint density at radius 3 is 2.76 bits per heavy atom. The average Bonchev–Trinajstić information content (AvgIpc) is 2.95. The molecule has 1 unspecified atom stereocenters. The fraction of sp³-hybridized carbons (Fsp3) is 0.412. The number of rotatable bonds is 5. The molecule has 0 spiro atoms. The van der Waals surface area contributed by atoms with Crippen molar-refractivity contribution < 1.29 is 17.9 Å². The number of carbonyl (C=O) groups excluding carboxylic acids is 1. The first kappa shape index (κ1) is 17.9. The number of aromatic nitrogens is 1. The Hall–Kier alpha value is -1.93. The number of amides is 1. The van der Waals surface area contributed by atoms with E-state index in [0.717, 1.165) is 25.0 Å². The van der Waals surface area contributed by atoms with Crippen molar-refractivity contribution in [3.05, 3.63) is 34.8 Å². The van der Waals surface area contributed by atoms with Crippen LogP contribution in [0, 0.1) is 5.92 Å². The minimum atomic E-state index is -3.71. The van der Waals surface area contributed by atoms with E-state index < -0.39 is 21.5 Å². The molecule has 0 saturated carbocycles. The van der Waals surface area contributed by atoms with E-state index >= 15 is 0 Å². The molecular weight excluding hydrogens is 360 g/mol. The summed E-state index contributed by atoms with van der Waals surface area (Å²) in [6.45, 7) is 2.20. The summed E-state index contributed by atoms with van der Waals surface area (Å²) in [5.41, 5.74) is 1.02. The second kappa shape index (κ2) is 7.13. The van der Waals surface area contributed by atoms with Crippen LogP contribution in [0.4, 0.5) is 5.13 Å². The van der Waals surface area contributed by atoms with Crippen molar-refractivity contribution in [3.8, 4) is 5.75 Å². The zero-order valence-corrected chi connectivity index (χ0v) is 15.7. The van der Waals surface area contributed by atoms with Crippen molar-refractivity contribution in [1.82, 2.24) is 4.98 Å². The molecule has 8 heteroatoms. The maximum absolute atomic E-state index is 12.4. The van der Waals surface area contributed by atoms with E-state index in [-0.39, 0.29) is 4.90 Å². The SMILES string of the molecule is COc1ccc(S(=O)(=O)CC(=O)Nc2nc3c(s2)CC(C)CC3)cc1. The van der Waals surface area contributed by atoms with Crippen LogP contribution in [-0.2, 0) is 27.5 Å². The Morgan fingerprint density at radius 2 is 2.08 bits per heavy atom. The summed E-state index contributed by atoms with van der Waals surface area (Å²) in [5.74, 6) is -0.00659. The maximum atomic E-state index is 12.4. The van der Waals surface area contributed by atoms with Gasteiger partial charge >= 0.3 is 0 Å². The maximum Gasteiger partial charge on any atom is 0.241 e. The molecule has 0 aliphatic heterocycles. The van der Waals surface area contributed by atoms with Gasteiger partial charge in [0.15, 0.2) is 15.0 Å². The first-order valence-electron chi connectivity index (χ1n) is 8.02. The van der Waals surface area contributed by atoms with E-state index in [1.54, 1.807) is 12.1 Å². The number of nitrogens with zero attached hydrogens (tertiary/aromatic N) is 1. The van der Waals surface area contributed by atoms with Gasteiger partial charge in [-0.1, -0.05) is 6.92 Å². The molecule has 1 amide bonds. The van der Waals surface area contributed by atoms with Crippen LogP contribution in [0.1, 0.15) is 23.9 Å². The second-order valence-corrected chi connectivity index (χ2v) is 9.29. The van der Waals surface area contributed by atoms with E-state index in [1.807, 2.05) is 0 Å². The number of thiazole rings is 1. The van der Waals surface area contributed by atoms with Gasteiger partial charge < -0.3 is 10.1 Å². The number of carbonyl (C=O) groups is 1. The highest BCUT2D eigenvalue weighted by molar-refractivity contribution is 7.92. The third kappa shape index (κ3) is 4.19. The smallest absolute Gasteiger partial charge is 0.241 e. The largest absolute Gasteiger partial charge is 0.497 e. The number of ether oxygens (including phenoxy) is 1. The number of aryl methyl sites for hydroxylation is 1. The molecule has 6 nitrogen and oxygen atoms in total. The van der Waals surface area contributed by atoms with E-state index in [2.05, 4.69) is 17.2 Å². The molecule has 0 fully saturated rings. The monoisotopic (exact) mass is 380 g/mol. The van der Waals surface area contributed by atoms with Crippen LogP contribution in [0.2, 0.25) is 0 Å². The normalized spacial score (nSPS) is 17.0. The molecular formula is C17H20N2O4S2. The minimum Gasteiger partial charge on any atom is -0.497 e. The van der Waals surface area contributed by atoms with Gasteiger partial charge in [0.25, 0.3) is 0 Å². The molecule has 134 valence electrons. The molecule has 1 N–H and O–H groups in total. The Kier molecular flexibility index (Phi) is 5.10. The van der Waals surface area contributed by atoms with Gasteiger partial charge in [-0.2, -0.15) is 0 Å². The van der Waals surface area contributed by atoms with Gasteiger partial charge in [-0.15, -0.1) is 11.3 Å². The predicted molar refractivity (Wildman–Crippen MR) is 97.0 cm³/mol. The van der Waals surface area contributed by atoms with E-state index in [1.165, 1.54) is 35.5 Å². The zero-order valence-electron chi connectivity index (χ0n) is 14.1. The van der Waals surface area contributed by atoms with E-state index in [0.29, 0.717) is 16.8 Å². The molecule has 0 bridgehead atoms. The van der Waals surface area contributed by atoms with Gasteiger partial charge in [-0.25, -0.2) is 13.4 Å². The summed E-state index contributed by atoms with van der Waals surface area (Å²) in [6, 6.07) is 5.98. The summed E-state index contributed by atoms with van der Waals surface area (Å²) in [4.78, 5) is 17.9. The lowest BCUT2D eigenvalue weighted by molar-refractivity contribution is -0.113. The number of benzene rings is 1. The Morgan fingerprint density at radius 1 is 1.36 bits per heavy atom. The van der Waals surface area contributed by atoms with E-state index in [9.17, 15) is 13.2 Å². The van der Waals surface area contributed by atoms with Crippen molar-refractivity contribution in [1.29, 1.82) is 0 Å². The molecule has 2 aromatic rings. The number of sulfone groups is 1. The fourth-order valence-electron chi connectivity index (χ4n) is 2.79. The highest BCUT2D eigenvalue weighted by Gasteiger charge is 2.23. The van der Waals surface area contributed by atoms with Gasteiger partial charge in [-0.05, 0) is 49.4 Å². The molecule has 3 rings (SSSR count). The number of nitrogens with one attached hydrogen (secondary N) is 1. The molecule has 1 aliphatic carbocycles. The van der Waals surface area contributed by atoms with Gasteiger partial charge in [-0.3, -0.25) is 4.79 Å². The van der Waals surface area contributed by atoms with Crippen molar-refractivity contribution in [3.63, 3.8) is 0 Å².